The third-order valence-electron chi connectivity index (χ3n) is 11.8. The van der Waals surface area contributed by atoms with Crippen LogP contribution < -0.4 is 4.90 Å². The maximum Gasteiger partial charge on any atom is 0.0462 e. The van der Waals surface area contributed by atoms with Crippen LogP contribution in [0.2, 0.25) is 0 Å². The van der Waals surface area contributed by atoms with Crippen molar-refractivity contribution >= 4 is 27.7 Å². The van der Waals surface area contributed by atoms with Crippen LogP contribution in [0.15, 0.2) is 206 Å². The zero-order chi connectivity index (χ0) is 36.2. The summed E-state index contributed by atoms with van der Waals surface area (Å²) in [4.78, 5) is 2.55. The average Bonchev–Trinajstić information content (AvgIpc) is 3.46. The van der Waals surface area contributed by atoms with Crippen LogP contribution in [0.1, 0.15) is 30.5 Å². The normalized spacial score (nSPS) is 17.7. The molecule has 7 aromatic rings. The second-order valence-electron chi connectivity index (χ2n) is 15.3. The van der Waals surface area contributed by atoms with E-state index in [4.69, 9.17) is 0 Å². The molecule has 0 aromatic heterocycles. The monoisotopic (exact) mass is 691 g/mol. The maximum atomic E-state index is 2.55. The summed E-state index contributed by atoms with van der Waals surface area (Å²) < 4.78 is 0. The van der Waals surface area contributed by atoms with Gasteiger partial charge in [-0.15, -0.1) is 0 Å². The standard InChI is InChI=1S/C53H41N/c1-53(2)49-24-14-13-23-47(49)48-34-31-42(35-50(48)53)54(52-45-22-12-10-18-38(45)28-33-46(52)36-15-5-3-6-16-36)41-29-25-39(26-30-41)44-32-27-37-17-9-11-21-43(37)51(44)40-19-7-4-8-20-40/h3-35,38,45H,1-2H3. The van der Waals surface area contributed by atoms with E-state index in [0.717, 1.165) is 5.69 Å². The number of rotatable bonds is 6. The molecule has 0 spiro atoms. The largest absolute Gasteiger partial charge is 0.313 e. The van der Waals surface area contributed by atoms with Crippen molar-refractivity contribution in [3.05, 3.63) is 223 Å². The van der Waals surface area contributed by atoms with Gasteiger partial charge in [-0.2, -0.15) is 0 Å². The zero-order valence-corrected chi connectivity index (χ0v) is 30.7. The van der Waals surface area contributed by atoms with Crippen LogP contribution in [0.25, 0.3) is 49.7 Å². The lowest BCUT2D eigenvalue weighted by Crippen LogP contribution is -2.29. The molecule has 1 nitrogen and oxygen atoms in total. The van der Waals surface area contributed by atoms with Gasteiger partial charge in [0.1, 0.15) is 0 Å². The van der Waals surface area contributed by atoms with Crippen LogP contribution in [-0.2, 0) is 5.41 Å². The van der Waals surface area contributed by atoms with Crippen LogP contribution >= 0.6 is 0 Å². The van der Waals surface area contributed by atoms with Crippen molar-refractivity contribution in [3.8, 4) is 33.4 Å². The van der Waals surface area contributed by atoms with E-state index >= 15 is 0 Å². The highest BCUT2D eigenvalue weighted by atomic mass is 15.2. The number of hydrogen-bond donors (Lipinski definition) is 0. The molecular weight excluding hydrogens is 651 g/mol. The predicted molar refractivity (Wildman–Crippen MR) is 229 cm³/mol. The summed E-state index contributed by atoms with van der Waals surface area (Å²) in [7, 11) is 0. The molecular formula is C53H41N. The third kappa shape index (κ3) is 5.23. The first-order valence-corrected chi connectivity index (χ1v) is 19.1. The molecule has 0 N–H and O–H groups in total. The van der Waals surface area contributed by atoms with Gasteiger partial charge in [0.05, 0.1) is 0 Å². The van der Waals surface area contributed by atoms with Gasteiger partial charge in [0.2, 0.25) is 0 Å². The summed E-state index contributed by atoms with van der Waals surface area (Å²) in [6, 6.07) is 60.4. The predicted octanol–water partition coefficient (Wildman–Crippen LogP) is 14.0. The van der Waals surface area contributed by atoms with Crippen LogP contribution in [0.3, 0.4) is 0 Å². The van der Waals surface area contributed by atoms with Crippen LogP contribution in [0.4, 0.5) is 11.4 Å². The van der Waals surface area contributed by atoms with E-state index in [0.29, 0.717) is 0 Å². The minimum Gasteiger partial charge on any atom is -0.313 e. The summed E-state index contributed by atoms with van der Waals surface area (Å²) in [5, 5.41) is 2.52. The fraction of sp³-hybridized carbons (Fsp3) is 0.0943. The van der Waals surface area contributed by atoms with Gasteiger partial charge in [-0.25, -0.2) is 0 Å². The molecule has 3 aliphatic rings. The quantitative estimate of drug-likeness (QED) is 0.168. The number of anilines is 2. The van der Waals surface area contributed by atoms with Crippen LogP contribution in [0, 0.1) is 11.8 Å². The number of nitrogens with zero attached hydrogens (tertiary/aromatic N) is 1. The topological polar surface area (TPSA) is 3.24 Å². The summed E-state index contributed by atoms with van der Waals surface area (Å²) in [6.45, 7) is 4.74. The molecule has 0 saturated carbocycles. The van der Waals surface area contributed by atoms with Crippen molar-refractivity contribution in [2.24, 2.45) is 11.8 Å². The molecule has 3 aliphatic carbocycles. The molecule has 0 aliphatic heterocycles. The van der Waals surface area contributed by atoms with E-state index in [-0.39, 0.29) is 17.3 Å². The molecule has 0 bridgehead atoms. The highest BCUT2D eigenvalue weighted by Gasteiger charge is 2.37. The second kappa shape index (κ2) is 12.9. The van der Waals surface area contributed by atoms with Gasteiger partial charge in [0.25, 0.3) is 0 Å². The van der Waals surface area contributed by atoms with Crippen molar-refractivity contribution in [3.63, 3.8) is 0 Å². The number of allylic oxidation sites excluding steroid dienone is 7. The summed E-state index contributed by atoms with van der Waals surface area (Å²) >= 11 is 0. The summed E-state index contributed by atoms with van der Waals surface area (Å²) in [6.07, 6.45) is 13.9. The first kappa shape index (κ1) is 32.2. The molecule has 2 unspecified atom stereocenters. The molecule has 2 atom stereocenters. The third-order valence-corrected chi connectivity index (χ3v) is 11.8. The molecule has 10 rings (SSSR count). The SMILES string of the molecule is CC1(C)c2ccccc2-c2ccc(N(C3=C(c4ccccc4)C=CC4C=CC=CC34)c3ccc(-c4ccc5ccccc5c4-c4ccccc4)cc3)cc21. The van der Waals surface area contributed by atoms with Crippen LogP contribution in [-0.4, -0.2) is 0 Å². The Balaban J connectivity index is 1.18. The van der Waals surface area contributed by atoms with Gasteiger partial charge < -0.3 is 4.90 Å². The van der Waals surface area contributed by atoms with Crippen molar-refractivity contribution in [2.75, 3.05) is 4.90 Å². The Morgan fingerprint density at radius 3 is 1.94 bits per heavy atom. The van der Waals surface area contributed by atoms with E-state index in [2.05, 4.69) is 219 Å². The van der Waals surface area contributed by atoms with Crippen LogP contribution in [0.5, 0.6) is 0 Å². The van der Waals surface area contributed by atoms with Crippen molar-refractivity contribution in [1.82, 2.24) is 0 Å². The summed E-state index contributed by atoms with van der Waals surface area (Å²) in [5.41, 5.74) is 16.4. The van der Waals surface area contributed by atoms with E-state index < -0.39 is 0 Å². The van der Waals surface area contributed by atoms with E-state index in [1.165, 1.54) is 77.8 Å². The van der Waals surface area contributed by atoms with Gasteiger partial charge >= 0.3 is 0 Å². The minimum atomic E-state index is -0.111. The van der Waals surface area contributed by atoms with E-state index in [1.807, 2.05) is 0 Å². The van der Waals surface area contributed by atoms with Crippen molar-refractivity contribution < 1.29 is 0 Å². The van der Waals surface area contributed by atoms with Gasteiger partial charge in [0.15, 0.2) is 0 Å². The first-order valence-electron chi connectivity index (χ1n) is 19.1. The Bertz CT molecular complexity index is 2670. The molecule has 7 aromatic carbocycles. The minimum absolute atomic E-state index is 0.111. The van der Waals surface area contributed by atoms with E-state index in [9.17, 15) is 0 Å². The Hall–Kier alpha value is -6.44. The average molecular weight is 692 g/mol. The highest BCUT2D eigenvalue weighted by Crippen LogP contribution is 2.52. The summed E-state index contributed by atoms with van der Waals surface area (Å²) in [5.74, 6) is 0.457. The lowest BCUT2D eigenvalue weighted by molar-refractivity contribution is 0.615. The molecule has 1 heteroatoms. The molecule has 258 valence electrons. The van der Waals surface area contributed by atoms with Gasteiger partial charge in [-0.05, 0) is 85.1 Å². The maximum absolute atomic E-state index is 2.55. The number of fused-ring (bicyclic) bond motifs is 5. The fourth-order valence-corrected chi connectivity index (χ4v) is 9.16. The Labute approximate surface area is 318 Å². The molecule has 0 fully saturated rings. The number of benzene rings is 7. The fourth-order valence-electron chi connectivity index (χ4n) is 9.16. The van der Waals surface area contributed by atoms with E-state index in [1.54, 1.807) is 0 Å². The molecule has 0 amide bonds. The van der Waals surface area contributed by atoms with Gasteiger partial charge in [0, 0.05) is 39.9 Å². The highest BCUT2D eigenvalue weighted by molar-refractivity contribution is 6.04. The van der Waals surface area contributed by atoms with Gasteiger partial charge in [-0.3, -0.25) is 0 Å². The molecule has 0 heterocycles. The van der Waals surface area contributed by atoms with Crippen molar-refractivity contribution in [2.45, 2.75) is 19.3 Å². The molecule has 0 radical (unpaired) electrons. The number of hydrogen-bond acceptors (Lipinski definition) is 1. The smallest absolute Gasteiger partial charge is 0.0462 e. The Morgan fingerprint density at radius 1 is 0.481 bits per heavy atom. The zero-order valence-electron chi connectivity index (χ0n) is 30.7. The van der Waals surface area contributed by atoms with Crippen molar-refractivity contribution in [1.29, 1.82) is 0 Å². The molecule has 54 heavy (non-hydrogen) atoms. The molecule has 0 saturated heterocycles. The lowest BCUT2D eigenvalue weighted by atomic mass is 9.77. The second-order valence-corrected chi connectivity index (χ2v) is 15.3. The lowest BCUT2D eigenvalue weighted by Gasteiger charge is -2.39. The Morgan fingerprint density at radius 2 is 1.13 bits per heavy atom. The first-order chi connectivity index (χ1) is 26.6. The Kier molecular flexibility index (Phi) is 7.70. The van der Waals surface area contributed by atoms with Gasteiger partial charge in [-0.1, -0.05) is 190 Å².